The second kappa shape index (κ2) is 9.07. The fourth-order valence-electron chi connectivity index (χ4n) is 3.81. The molecule has 0 unspecified atom stereocenters. The lowest BCUT2D eigenvalue weighted by atomic mass is 10.1. The van der Waals surface area contributed by atoms with E-state index in [9.17, 15) is 0 Å². The van der Waals surface area contributed by atoms with Crippen molar-refractivity contribution in [3.05, 3.63) is 0 Å². The molecule has 0 aromatic carbocycles. The van der Waals surface area contributed by atoms with Gasteiger partial charge in [0.2, 0.25) is 0 Å². The molecule has 0 aliphatic carbocycles. The van der Waals surface area contributed by atoms with Crippen LogP contribution >= 0.6 is 0 Å². The summed E-state index contributed by atoms with van der Waals surface area (Å²) in [5, 5.41) is 0. The molecule has 0 N–H and O–H groups in total. The minimum atomic E-state index is -2.23. The van der Waals surface area contributed by atoms with Gasteiger partial charge in [-0.15, -0.1) is 0 Å². The third-order valence-corrected chi connectivity index (χ3v) is 20.7. The lowest BCUT2D eigenvalue weighted by molar-refractivity contribution is 0.233. The van der Waals surface area contributed by atoms with Crippen LogP contribution in [0.5, 0.6) is 0 Å². The van der Waals surface area contributed by atoms with Crippen molar-refractivity contribution in [2.75, 3.05) is 0 Å². The van der Waals surface area contributed by atoms with E-state index in [4.69, 9.17) is 16.5 Å². The minimum absolute atomic E-state index is 1.06. The summed E-state index contributed by atoms with van der Waals surface area (Å²) in [6.07, 6.45) is 9.23. The largest absolute Gasteiger partial charge is 0.416 e. The highest BCUT2D eigenvalue weighted by Gasteiger charge is 2.51. The van der Waals surface area contributed by atoms with E-state index in [1.54, 1.807) is 0 Å². The van der Waals surface area contributed by atoms with Gasteiger partial charge in [0.15, 0.2) is 0 Å². The van der Waals surface area contributed by atoms with Gasteiger partial charge in [0.25, 0.3) is 0 Å². The molecule has 1 fully saturated rings. The van der Waals surface area contributed by atoms with Crippen molar-refractivity contribution < 1.29 is 16.5 Å². The Labute approximate surface area is 154 Å². The Bertz CT molecular complexity index is 366. The quantitative estimate of drug-likeness (QED) is 0.365. The second-order valence-electron chi connectivity index (χ2n) is 8.61. The molecule has 0 aromatic rings. The van der Waals surface area contributed by atoms with Gasteiger partial charge in [0.05, 0.1) is 0 Å². The van der Waals surface area contributed by atoms with Gasteiger partial charge >= 0.3 is 34.2 Å². The average molecular weight is 409 g/mol. The molecule has 0 saturated carbocycles. The molecule has 24 heavy (non-hydrogen) atoms. The highest BCUT2D eigenvalue weighted by atomic mass is 28.5. The summed E-state index contributed by atoms with van der Waals surface area (Å²) in [5.74, 6) is 0. The van der Waals surface area contributed by atoms with Gasteiger partial charge < -0.3 is 16.5 Å². The molecule has 0 amide bonds. The number of hydrogen-bond donors (Lipinski definition) is 0. The van der Waals surface area contributed by atoms with Gasteiger partial charge in [-0.2, -0.15) is 0 Å². The Balaban J connectivity index is 2.59. The molecule has 0 bridgehead atoms. The van der Waals surface area contributed by atoms with E-state index in [1.807, 2.05) is 0 Å². The third-order valence-electron chi connectivity index (χ3n) is 4.14. The maximum atomic E-state index is 6.61. The summed E-state index contributed by atoms with van der Waals surface area (Å²) in [4.78, 5) is 0. The zero-order valence-corrected chi connectivity index (χ0v) is 21.3. The number of rotatable bonds is 8. The van der Waals surface area contributed by atoms with E-state index in [1.165, 1.54) is 44.9 Å². The maximum Gasteiger partial charge on any atom is 0.317 e. The monoisotopic (exact) mass is 408 g/mol. The molecule has 0 atom stereocenters. The van der Waals surface area contributed by atoms with Crippen LogP contribution in [0.25, 0.3) is 0 Å². The van der Waals surface area contributed by atoms with E-state index in [-0.39, 0.29) is 0 Å². The van der Waals surface area contributed by atoms with Crippen molar-refractivity contribution in [3.8, 4) is 0 Å². The van der Waals surface area contributed by atoms with Crippen LogP contribution in [0.3, 0.4) is 0 Å². The minimum Gasteiger partial charge on any atom is -0.416 e. The maximum absolute atomic E-state index is 6.61. The van der Waals surface area contributed by atoms with Gasteiger partial charge in [0, 0.05) is 0 Å². The van der Waals surface area contributed by atoms with Crippen molar-refractivity contribution >= 4 is 34.2 Å². The van der Waals surface area contributed by atoms with Crippen molar-refractivity contribution in [1.82, 2.24) is 0 Å². The predicted octanol–water partition coefficient (Wildman–Crippen LogP) is 5.99. The van der Waals surface area contributed by atoms with Crippen LogP contribution in [-0.4, -0.2) is 34.2 Å². The highest BCUT2D eigenvalue weighted by Crippen LogP contribution is 2.33. The Morgan fingerprint density at radius 2 is 0.875 bits per heavy atom. The molecule has 0 aromatic heterocycles. The Morgan fingerprint density at radius 3 is 1.33 bits per heavy atom. The average Bonchev–Trinajstić information content (AvgIpc) is 2.31. The van der Waals surface area contributed by atoms with E-state index in [2.05, 4.69) is 52.8 Å². The van der Waals surface area contributed by atoms with Crippen molar-refractivity contribution in [2.24, 2.45) is 0 Å². The molecule has 0 spiro atoms. The lowest BCUT2D eigenvalue weighted by Crippen LogP contribution is -2.64. The van der Waals surface area contributed by atoms with Crippen LogP contribution in [0, 0.1) is 0 Å². The molecule has 1 saturated heterocycles. The first-order valence-electron chi connectivity index (χ1n) is 9.69. The summed E-state index contributed by atoms with van der Waals surface area (Å²) >= 11 is 0. The first-order chi connectivity index (χ1) is 10.9. The fourth-order valence-corrected chi connectivity index (χ4v) is 25.5. The molecule has 1 rings (SSSR count). The highest BCUT2D eigenvalue weighted by molar-refractivity contribution is 6.93. The van der Waals surface area contributed by atoms with Crippen molar-refractivity contribution in [2.45, 2.75) is 104 Å². The Hall–Kier alpha value is 0.708. The van der Waals surface area contributed by atoms with Crippen LogP contribution in [0.4, 0.5) is 0 Å². The van der Waals surface area contributed by atoms with Gasteiger partial charge in [-0.3, -0.25) is 0 Å². The predicted molar refractivity (Wildman–Crippen MR) is 111 cm³/mol. The first kappa shape index (κ1) is 22.7. The summed E-state index contributed by atoms with van der Waals surface area (Å²) in [6.45, 7) is 17.3. The van der Waals surface area contributed by atoms with E-state index < -0.39 is 34.2 Å². The summed E-state index contributed by atoms with van der Waals surface area (Å²) in [5.41, 5.74) is 0. The van der Waals surface area contributed by atoms with Crippen LogP contribution in [0.1, 0.15) is 51.9 Å². The third kappa shape index (κ3) is 8.88. The van der Waals surface area contributed by atoms with Gasteiger partial charge in [-0.05, 0) is 51.9 Å². The molecular weight excluding hydrogens is 369 g/mol. The smallest absolute Gasteiger partial charge is 0.317 e. The van der Waals surface area contributed by atoms with Gasteiger partial charge in [-0.25, -0.2) is 0 Å². The summed E-state index contributed by atoms with van der Waals surface area (Å²) in [6, 6.07) is 1.06. The molecule has 1 heterocycles. The SMILES string of the molecule is CCCCCCCCC[Si]1(C)O[Si](C)(C)O[Si](C)(C)O[Si](C)(C)O1. The second-order valence-corrected chi connectivity index (χ2v) is 23.0. The summed E-state index contributed by atoms with van der Waals surface area (Å²) in [7, 11) is -8.79. The van der Waals surface area contributed by atoms with Crippen LogP contribution in [-0.2, 0) is 16.5 Å². The zero-order chi connectivity index (χ0) is 18.5. The number of unbranched alkanes of at least 4 members (excludes halogenated alkanes) is 6. The fraction of sp³-hybridized carbons (Fsp3) is 1.00. The summed E-state index contributed by atoms with van der Waals surface area (Å²) < 4.78 is 26.0. The van der Waals surface area contributed by atoms with Crippen molar-refractivity contribution in [3.63, 3.8) is 0 Å². The van der Waals surface area contributed by atoms with E-state index in [0.29, 0.717) is 0 Å². The molecular formula is C16H40O4Si4. The van der Waals surface area contributed by atoms with Crippen molar-refractivity contribution in [1.29, 1.82) is 0 Å². The molecule has 0 radical (unpaired) electrons. The molecule has 1 aliphatic rings. The van der Waals surface area contributed by atoms with Gasteiger partial charge in [-0.1, -0.05) is 51.9 Å². The lowest BCUT2D eigenvalue weighted by Gasteiger charge is -2.47. The standard InChI is InChI=1S/C16H40O4Si4/c1-9-10-11-12-13-14-15-16-24(8)19-22(4,5)17-21(2,3)18-23(6,7)20-24/h9-16H2,1-8H3. The van der Waals surface area contributed by atoms with Crippen LogP contribution < -0.4 is 0 Å². The van der Waals surface area contributed by atoms with Crippen LogP contribution in [0.2, 0.25) is 51.9 Å². The van der Waals surface area contributed by atoms with E-state index >= 15 is 0 Å². The van der Waals surface area contributed by atoms with E-state index in [0.717, 1.165) is 6.04 Å². The molecule has 4 nitrogen and oxygen atoms in total. The Kier molecular flexibility index (Phi) is 8.60. The van der Waals surface area contributed by atoms with Crippen LogP contribution in [0.15, 0.2) is 0 Å². The first-order valence-corrected chi connectivity index (χ1v) is 20.7. The molecule has 1 aliphatic heterocycles. The topological polar surface area (TPSA) is 36.9 Å². The number of hydrogen-bond acceptors (Lipinski definition) is 4. The Morgan fingerprint density at radius 1 is 0.500 bits per heavy atom. The normalized spacial score (nSPS) is 25.0. The van der Waals surface area contributed by atoms with Gasteiger partial charge in [0.1, 0.15) is 0 Å². The zero-order valence-electron chi connectivity index (χ0n) is 17.3. The molecule has 8 heteroatoms. The molecule has 144 valence electrons.